The average Bonchev–Trinajstić information content (AvgIpc) is 2.81. The van der Waals surface area contributed by atoms with E-state index >= 15 is 0 Å². The monoisotopic (exact) mass is 275 g/mol. The number of hydrogen-bond donors (Lipinski definition) is 1. The summed E-state index contributed by atoms with van der Waals surface area (Å²) in [6, 6.07) is 4.74. The topological polar surface area (TPSA) is 64.9 Å². The van der Waals surface area contributed by atoms with Crippen LogP contribution in [0.2, 0.25) is 0 Å². The second-order valence-electron chi connectivity index (χ2n) is 5.76. The van der Waals surface area contributed by atoms with Gasteiger partial charge >= 0.3 is 0 Å². The van der Waals surface area contributed by atoms with Crippen LogP contribution in [-0.4, -0.2) is 16.7 Å². The van der Waals surface area contributed by atoms with Gasteiger partial charge in [0.15, 0.2) is 0 Å². The molecule has 1 heterocycles. The number of nitrogens with zero attached hydrogens (tertiary/aromatic N) is 2. The zero-order valence-electron chi connectivity index (χ0n) is 11.5. The highest BCUT2D eigenvalue weighted by atomic mass is 19.1. The Morgan fingerprint density at radius 1 is 1.35 bits per heavy atom. The Bertz CT molecular complexity index is 594. The van der Waals surface area contributed by atoms with Gasteiger partial charge in [-0.2, -0.15) is 4.98 Å². The molecule has 106 valence electrons. The predicted molar refractivity (Wildman–Crippen MR) is 73.5 cm³/mol. The van der Waals surface area contributed by atoms with Crippen molar-refractivity contribution < 1.29 is 8.91 Å². The fraction of sp³-hybridized carbons (Fsp3) is 0.467. The van der Waals surface area contributed by atoms with E-state index in [1.54, 1.807) is 0 Å². The van der Waals surface area contributed by atoms with E-state index in [1.807, 2.05) is 13.0 Å². The Morgan fingerprint density at radius 2 is 2.15 bits per heavy atom. The predicted octanol–water partition coefficient (Wildman–Crippen LogP) is 2.86. The van der Waals surface area contributed by atoms with Gasteiger partial charge in [0.05, 0.1) is 0 Å². The van der Waals surface area contributed by atoms with Gasteiger partial charge in [0, 0.05) is 12.0 Å². The average molecular weight is 275 g/mol. The van der Waals surface area contributed by atoms with Crippen LogP contribution in [0.3, 0.4) is 0 Å². The molecule has 1 saturated carbocycles. The summed E-state index contributed by atoms with van der Waals surface area (Å²) in [6.45, 7) is 2.48. The van der Waals surface area contributed by atoms with Crippen molar-refractivity contribution in [3.05, 3.63) is 35.5 Å². The van der Waals surface area contributed by atoms with E-state index in [-0.39, 0.29) is 11.2 Å². The van der Waals surface area contributed by atoms with Crippen molar-refractivity contribution in [1.82, 2.24) is 10.1 Å². The molecule has 3 rings (SSSR count). The molecule has 2 aromatic rings. The zero-order chi connectivity index (χ0) is 14.2. The molecule has 0 bridgehead atoms. The van der Waals surface area contributed by atoms with Crippen molar-refractivity contribution in [1.29, 1.82) is 0 Å². The fourth-order valence-corrected chi connectivity index (χ4v) is 2.76. The largest absolute Gasteiger partial charge is 0.339 e. The maximum atomic E-state index is 13.4. The fourth-order valence-electron chi connectivity index (χ4n) is 2.76. The quantitative estimate of drug-likeness (QED) is 0.931. The van der Waals surface area contributed by atoms with E-state index in [9.17, 15) is 4.39 Å². The smallest absolute Gasteiger partial charge is 0.227 e. The van der Waals surface area contributed by atoms with Crippen molar-refractivity contribution in [2.24, 2.45) is 11.1 Å². The number of aryl methyl sites for hydroxylation is 1. The molecule has 1 aliphatic carbocycles. The first-order chi connectivity index (χ1) is 9.60. The van der Waals surface area contributed by atoms with Gasteiger partial charge < -0.3 is 10.3 Å². The second kappa shape index (κ2) is 4.98. The highest BCUT2D eigenvalue weighted by Gasteiger charge is 2.37. The number of nitrogens with two attached hydrogens (primary N) is 1. The zero-order valence-corrected chi connectivity index (χ0v) is 11.5. The van der Waals surface area contributed by atoms with Crippen LogP contribution in [0.25, 0.3) is 11.4 Å². The molecule has 20 heavy (non-hydrogen) atoms. The van der Waals surface area contributed by atoms with E-state index in [2.05, 4.69) is 10.1 Å². The lowest BCUT2D eigenvalue weighted by Gasteiger charge is -2.39. The normalized spacial score (nSPS) is 16.9. The van der Waals surface area contributed by atoms with Gasteiger partial charge in [0.2, 0.25) is 11.7 Å². The lowest BCUT2D eigenvalue weighted by atomic mass is 9.67. The van der Waals surface area contributed by atoms with Gasteiger partial charge in [-0.15, -0.1) is 0 Å². The van der Waals surface area contributed by atoms with Crippen LogP contribution in [0, 0.1) is 18.2 Å². The molecule has 2 N–H and O–H groups in total. The molecule has 1 aromatic heterocycles. The van der Waals surface area contributed by atoms with Crippen LogP contribution in [0.5, 0.6) is 0 Å². The first-order valence-electron chi connectivity index (χ1n) is 6.90. The van der Waals surface area contributed by atoms with Crippen LogP contribution >= 0.6 is 0 Å². The van der Waals surface area contributed by atoms with Gasteiger partial charge in [0.1, 0.15) is 5.82 Å². The maximum absolute atomic E-state index is 13.4. The Balaban J connectivity index is 1.83. The van der Waals surface area contributed by atoms with Crippen LogP contribution in [0.15, 0.2) is 22.7 Å². The lowest BCUT2D eigenvalue weighted by molar-refractivity contribution is 0.129. The van der Waals surface area contributed by atoms with E-state index in [4.69, 9.17) is 10.3 Å². The van der Waals surface area contributed by atoms with Crippen LogP contribution in [0.4, 0.5) is 4.39 Å². The summed E-state index contributed by atoms with van der Waals surface area (Å²) in [5.74, 6) is 0.741. The summed E-state index contributed by atoms with van der Waals surface area (Å²) in [7, 11) is 0. The first-order valence-corrected chi connectivity index (χ1v) is 6.90. The number of benzene rings is 1. The summed E-state index contributed by atoms with van der Waals surface area (Å²) in [6.07, 6.45) is 4.15. The van der Waals surface area contributed by atoms with E-state index < -0.39 is 0 Å². The van der Waals surface area contributed by atoms with Crippen molar-refractivity contribution in [3.63, 3.8) is 0 Å². The molecule has 0 spiro atoms. The molecular formula is C15H18FN3O. The molecule has 0 saturated heterocycles. The molecule has 1 aliphatic rings. The molecule has 0 amide bonds. The summed E-state index contributed by atoms with van der Waals surface area (Å²) in [4.78, 5) is 4.38. The van der Waals surface area contributed by atoms with E-state index in [0.29, 0.717) is 30.2 Å². The highest BCUT2D eigenvalue weighted by Crippen LogP contribution is 2.42. The Kier molecular flexibility index (Phi) is 3.30. The third kappa shape index (κ3) is 2.45. The van der Waals surface area contributed by atoms with Crippen LogP contribution in [0.1, 0.15) is 30.7 Å². The van der Waals surface area contributed by atoms with Crippen molar-refractivity contribution in [2.45, 2.75) is 32.6 Å². The van der Waals surface area contributed by atoms with Crippen molar-refractivity contribution in [3.8, 4) is 11.4 Å². The molecule has 1 aromatic carbocycles. The Morgan fingerprint density at radius 3 is 2.75 bits per heavy atom. The van der Waals surface area contributed by atoms with Crippen LogP contribution in [-0.2, 0) is 6.42 Å². The van der Waals surface area contributed by atoms with Gasteiger partial charge in [0.25, 0.3) is 0 Å². The number of halogens is 1. The van der Waals surface area contributed by atoms with Gasteiger partial charge in [-0.3, -0.25) is 0 Å². The van der Waals surface area contributed by atoms with E-state index in [1.165, 1.54) is 18.6 Å². The maximum Gasteiger partial charge on any atom is 0.227 e. The van der Waals surface area contributed by atoms with Crippen LogP contribution < -0.4 is 5.73 Å². The number of aromatic nitrogens is 2. The third-order valence-corrected chi connectivity index (χ3v) is 4.14. The summed E-state index contributed by atoms with van der Waals surface area (Å²) in [5, 5.41) is 3.95. The van der Waals surface area contributed by atoms with Gasteiger partial charge in [-0.1, -0.05) is 11.6 Å². The SMILES string of the molecule is Cc1cc(F)cc(-c2noc(CC3(CN)CCC3)n2)c1. The summed E-state index contributed by atoms with van der Waals surface area (Å²) >= 11 is 0. The lowest BCUT2D eigenvalue weighted by Crippen LogP contribution is -2.39. The number of rotatable bonds is 4. The molecule has 4 nitrogen and oxygen atoms in total. The Hall–Kier alpha value is -1.75. The van der Waals surface area contributed by atoms with Gasteiger partial charge in [-0.25, -0.2) is 4.39 Å². The molecular weight excluding hydrogens is 257 g/mol. The number of hydrogen-bond acceptors (Lipinski definition) is 4. The molecule has 0 aliphatic heterocycles. The minimum atomic E-state index is -0.288. The summed E-state index contributed by atoms with van der Waals surface area (Å²) < 4.78 is 18.7. The van der Waals surface area contributed by atoms with E-state index in [0.717, 1.165) is 18.4 Å². The molecule has 0 radical (unpaired) electrons. The second-order valence-corrected chi connectivity index (χ2v) is 5.76. The highest BCUT2D eigenvalue weighted by molar-refractivity contribution is 5.55. The molecule has 0 atom stereocenters. The van der Waals surface area contributed by atoms with Crippen molar-refractivity contribution >= 4 is 0 Å². The van der Waals surface area contributed by atoms with Gasteiger partial charge in [-0.05, 0) is 55.5 Å². The molecule has 0 unspecified atom stereocenters. The summed E-state index contributed by atoms with van der Waals surface area (Å²) in [5.41, 5.74) is 7.44. The standard InChI is InChI=1S/C15H18FN3O/c1-10-5-11(7-12(16)6-10)14-18-13(20-19-14)8-15(9-17)3-2-4-15/h5-7H,2-4,8-9,17H2,1H3. The van der Waals surface area contributed by atoms with Crippen molar-refractivity contribution in [2.75, 3.05) is 6.54 Å². The molecule has 1 fully saturated rings. The third-order valence-electron chi connectivity index (χ3n) is 4.14. The first kappa shape index (κ1) is 13.2. The molecule has 5 heteroatoms. The Labute approximate surface area is 117 Å². The minimum absolute atomic E-state index is 0.127. The minimum Gasteiger partial charge on any atom is -0.339 e.